The van der Waals surface area contributed by atoms with Crippen LogP contribution < -0.4 is 0 Å². The Balaban J connectivity index is 0.000000804. The van der Waals surface area contributed by atoms with Gasteiger partial charge in [0.2, 0.25) is 0 Å². The SMILES string of the molecule is CCCCCCCCCCCCCCCc1cccc2ccccc12.O=S(=O)(O)O. The largest absolute Gasteiger partial charge is 0.394 e. The third-order valence-corrected chi connectivity index (χ3v) is 5.43. The van der Waals surface area contributed by atoms with Gasteiger partial charge < -0.3 is 0 Å². The molecule has 0 spiro atoms. The molecule has 4 nitrogen and oxygen atoms in total. The van der Waals surface area contributed by atoms with Crippen LogP contribution in [-0.4, -0.2) is 17.5 Å². The molecule has 2 rings (SSSR count). The van der Waals surface area contributed by atoms with Crippen LogP contribution in [0.2, 0.25) is 0 Å². The van der Waals surface area contributed by atoms with Crippen molar-refractivity contribution in [2.24, 2.45) is 0 Å². The normalized spacial score (nSPS) is 11.3. The number of hydrogen-bond donors (Lipinski definition) is 2. The van der Waals surface area contributed by atoms with Crippen molar-refractivity contribution in [1.82, 2.24) is 0 Å². The number of hydrogen-bond acceptors (Lipinski definition) is 2. The van der Waals surface area contributed by atoms with Crippen molar-refractivity contribution >= 4 is 21.2 Å². The molecule has 30 heavy (non-hydrogen) atoms. The number of aryl methyl sites for hydroxylation is 1. The zero-order valence-electron chi connectivity index (χ0n) is 18.6. The molecule has 0 aliphatic heterocycles. The zero-order chi connectivity index (χ0) is 22.1. The summed E-state index contributed by atoms with van der Waals surface area (Å²) in [6.45, 7) is 2.29. The van der Waals surface area contributed by atoms with Crippen molar-refractivity contribution in [2.75, 3.05) is 0 Å². The van der Waals surface area contributed by atoms with Gasteiger partial charge in [-0.1, -0.05) is 126 Å². The van der Waals surface area contributed by atoms with Gasteiger partial charge in [0.25, 0.3) is 0 Å². The smallest absolute Gasteiger partial charge is 0.264 e. The molecule has 0 saturated heterocycles. The van der Waals surface area contributed by atoms with Crippen molar-refractivity contribution in [1.29, 1.82) is 0 Å². The molecule has 170 valence electrons. The number of unbranched alkanes of at least 4 members (excludes halogenated alkanes) is 12. The summed E-state index contributed by atoms with van der Waals surface area (Å²) in [5.41, 5.74) is 1.53. The average Bonchev–Trinajstić information content (AvgIpc) is 2.70. The van der Waals surface area contributed by atoms with Crippen LogP contribution in [-0.2, 0) is 16.8 Å². The second kappa shape index (κ2) is 16.3. The second-order valence-electron chi connectivity index (χ2n) is 8.08. The molecule has 0 atom stereocenters. The summed E-state index contributed by atoms with van der Waals surface area (Å²) in [4.78, 5) is 0. The van der Waals surface area contributed by atoms with Crippen LogP contribution in [0.1, 0.15) is 96.0 Å². The molecule has 5 heteroatoms. The molecular weight excluding hydrogens is 396 g/mol. The average molecular weight is 437 g/mol. The van der Waals surface area contributed by atoms with Crippen molar-refractivity contribution < 1.29 is 17.5 Å². The van der Waals surface area contributed by atoms with Crippen molar-refractivity contribution in [3.8, 4) is 0 Å². The molecule has 0 amide bonds. The Morgan fingerprint density at radius 1 is 0.633 bits per heavy atom. The first kappa shape index (κ1) is 26.6. The predicted octanol–water partition coefficient (Wildman–Crippen LogP) is 7.82. The van der Waals surface area contributed by atoms with Crippen molar-refractivity contribution in [2.45, 2.75) is 96.8 Å². The minimum Gasteiger partial charge on any atom is -0.264 e. The summed E-state index contributed by atoms with van der Waals surface area (Å²) in [6.07, 6.45) is 19.8. The maximum absolute atomic E-state index is 8.74. The van der Waals surface area contributed by atoms with E-state index in [1.54, 1.807) is 0 Å². The fraction of sp³-hybridized carbons (Fsp3) is 0.600. The Labute approximate surface area is 183 Å². The summed E-state index contributed by atoms with van der Waals surface area (Å²) in [5, 5.41) is 2.83. The van der Waals surface area contributed by atoms with Gasteiger partial charge in [-0.3, -0.25) is 9.11 Å². The number of fused-ring (bicyclic) bond motifs is 1. The van der Waals surface area contributed by atoms with Crippen molar-refractivity contribution in [3.63, 3.8) is 0 Å². The van der Waals surface area contributed by atoms with Gasteiger partial charge in [-0.15, -0.1) is 0 Å². The summed E-state index contributed by atoms with van der Waals surface area (Å²) < 4.78 is 31.6. The van der Waals surface area contributed by atoms with Gasteiger partial charge in [0.05, 0.1) is 0 Å². The van der Waals surface area contributed by atoms with E-state index < -0.39 is 10.4 Å². The zero-order valence-corrected chi connectivity index (χ0v) is 19.4. The molecule has 0 aromatic heterocycles. The lowest BCUT2D eigenvalue weighted by molar-refractivity contribution is 0.381. The van der Waals surface area contributed by atoms with Gasteiger partial charge >= 0.3 is 10.4 Å². The third kappa shape index (κ3) is 14.5. The van der Waals surface area contributed by atoms with Gasteiger partial charge in [0.1, 0.15) is 0 Å². The minimum atomic E-state index is -4.67. The van der Waals surface area contributed by atoms with Crippen molar-refractivity contribution in [3.05, 3.63) is 48.0 Å². The molecule has 0 aliphatic carbocycles. The Morgan fingerprint density at radius 3 is 1.60 bits per heavy atom. The van der Waals surface area contributed by atoms with Gasteiger partial charge in [0, 0.05) is 0 Å². The van der Waals surface area contributed by atoms with E-state index in [0.29, 0.717) is 0 Å². The molecule has 2 aromatic rings. The Bertz CT molecular complexity index is 773. The topological polar surface area (TPSA) is 74.6 Å². The standard InChI is InChI=1S/C25H38.H2O4S/c1-2-3-4-5-6-7-8-9-10-11-12-13-14-18-23-20-17-21-24-19-15-16-22-25(23)24;1-5(2,3)4/h15-17,19-22H,2-14,18H2,1H3;(H2,1,2,3,4). The lowest BCUT2D eigenvalue weighted by Crippen LogP contribution is -1.89. The highest BCUT2D eigenvalue weighted by molar-refractivity contribution is 7.79. The Hall–Kier alpha value is -1.43. The highest BCUT2D eigenvalue weighted by atomic mass is 32.3. The fourth-order valence-corrected chi connectivity index (χ4v) is 3.84. The van der Waals surface area contributed by atoms with Gasteiger partial charge in [-0.2, -0.15) is 8.42 Å². The number of rotatable bonds is 14. The van der Waals surface area contributed by atoms with Crippen LogP contribution in [0.3, 0.4) is 0 Å². The van der Waals surface area contributed by atoms with E-state index >= 15 is 0 Å². The van der Waals surface area contributed by atoms with Crippen LogP contribution in [0.4, 0.5) is 0 Å². The maximum atomic E-state index is 8.74. The highest BCUT2D eigenvalue weighted by Crippen LogP contribution is 2.21. The van der Waals surface area contributed by atoms with E-state index in [1.807, 2.05) is 0 Å². The summed E-state index contributed by atoms with van der Waals surface area (Å²) in [7, 11) is -4.67. The summed E-state index contributed by atoms with van der Waals surface area (Å²) in [6, 6.07) is 15.5. The molecule has 0 radical (unpaired) electrons. The highest BCUT2D eigenvalue weighted by Gasteiger charge is 2.00. The number of benzene rings is 2. The van der Waals surface area contributed by atoms with Crippen LogP contribution in [0.5, 0.6) is 0 Å². The first-order valence-corrected chi connectivity index (χ1v) is 13.0. The fourth-order valence-electron chi connectivity index (χ4n) is 3.84. The van der Waals surface area contributed by atoms with Crippen LogP contribution in [0, 0.1) is 0 Å². The molecule has 0 fully saturated rings. The van der Waals surface area contributed by atoms with E-state index in [1.165, 1.54) is 106 Å². The molecule has 0 bridgehead atoms. The first-order valence-electron chi connectivity index (χ1n) is 11.6. The molecule has 0 unspecified atom stereocenters. The Kier molecular flexibility index (Phi) is 14.4. The monoisotopic (exact) mass is 436 g/mol. The molecular formula is C25H40O4S. The minimum absolute atomic E-state index is 1.24. The lowest BCUT2D eigenvalue weighted by Gasteiger charge is -2.07. The third-order valence-electron chi connectivity index (χ3n) is 5.43. The lowest BCUT2D eigenvalue weighted by atomic mass is 9.99. The first-order chi connectivity index (χ1) is 14.4. The second-order valence-corrected chi connectivity index (χ2v) is 8.97. The summed E-state index contributed by atoms with van der Waals surface area (Å²) in [5.74, 6) is 0. The van der Waals surface area contributed by atoms with E-state index in [-0.39, 0.29) is 0 Å². The summed E-state index contributed by atoms with van der Waals surface area (Å²) >= 11 is 0. The van der Waals surface area contributed by atoms with Crippen LogP contribution >= 0.6 is 0 Å². The van der Waals surface area contributed by atoms with Gasteiger partial charge in [-0.25, -0.2) is 0 Å². The molecule has 0 aliphatic rings. The van der Waals surface area contributed by atoms with E-state index in [4.69, 9.17) is 17.5 Å². The van der Waals surface area contributed by atoms with Crippen LogP contribution in [0.25, 0.3) is 10.8 Å². The predicted molar refractivity (Wildman–Crippen MR) is 128 cm³/mol. The van der Waals surface area contributed by atoms with Crippen LogP contribution in [0.15, 0.2) is 42.5 Å². The Morgan fingerprint density at radius 2 is 1.07 bits per heavy atom. The van der Waals surface area contributed by atoms with E-state index in [9.17, 15) is 0 Å². The van der Waals surface area contributed by atoms with Gasteiger partial charge in [-0.05, 0) is 29.2 Å². The quantitative estimate of drug-likeness (QED) is 0.234. The van der Waals surface area contributed by atoms with E-state index in [2.05, 4.69) is 49.4 Å². The molecule has 0 saturated carbocycles. The molecule has 2 aromatic carbocycles. The van der Waals surface area contributed by atoms with E-state index in [0.717, 1.165) is 0 Å². The van der Waals surface area contributed by atoms with Gasteiger partial charge in [0.15, 0.2) is 0 Å². The molecule has 2 N–H and O–H groups in total. The molecule has 0 heterocycles. The maximum Gasteiger partial charge on any atom is 0.394 e.